The quantitative estimate of drug-likeness (QED) is 0.881. The van der Waals surface area contributed by atoms with E-state index in [0.29, 0.717) is 17.1 Å². The molecule has 20 heavy (non-hydrogen) atoms. The predicted molar refractivity (Wildman–Crippen MR) is 85.5 cm³/mol. The van der Waals surface area contributed by atoms with Crippen molar-refractivity contribution in [2.45, 2.75) is 38.3 Å². The van der Waals surface area contributed by atoms with Crippen LogP contribution in [-0.4, -0.2) is 36.1 Å². The summed E-state index contributed by atoms with van der Waals surface area (Å²) in [6.45, 7) is 7.13. The third kappa shape index (κ3) is 3.51. The second-order valence-corrected chi connectivity index (χ2v) is 6.72. The molecule has 1 aromatic carbocycles. The molecule has 112 valence electrons. The third-order valence-electron chi connectivity index (χ3n) is 4.21. The number of benzene rings is 1. The number of anilines is 1. The molecule has 1 aliphatic rings. The molecule has 0 atom stereocenters. The van der Waals surface area contributed by atoms with Crippen LogP contribution in [0.2, 0.25) is 0 Å². The van der Waals surface area contributed by atoms with Gasteiger partial charge in [0.05, 0.1) is 10.0 Å². The first-order valence-corrected chi connectivity index (χ1v) is 7.92. The Labute approximate surface area is 128 Å². The van der Waals surface area contributed by atoms with Crippen LogP contribution >= 0.6 is 15.9 Å². The van der Waals surface area contributed by atoms with Crippen molar-refractivity contribution in [3.63, 3.8) is 0 Å². The van der Waals surface area contributed by atoms with E-state index in [4.69, 9.17) is 5.73 Å². The minimum absolute atomic E-state index is 0.0807. The zero-order valence-corrected chi connectivity index (χ0v) is 13.7. The Kier molecular flexibility index (Phi) is 5.04. The topological polar surface area (TPSA) is 41.3 Å². The average Bonchev–Trinajstić information content (AvgIpc) is 2.43. The number of nitrogens with zero attached hydrogens (tertiary/aromatic N) is 1. The maximum atomic E-state index is 13.3. The van der Waals surface area contributed by atoms with Gasteiger partial charge in [-0.2, -0.15) is 0 Å². The van der Waals surface area contributed by atoms with Crippen LogP contribution in [0.1, 0.15) is 26.7 Å². The standard InChI is InChI=1S/C15H23BrFN3/c1-11(2)20-7-5-15(10-18,6-8-20)19-12-3-4-14(17)13(16)9-12/h3-4,9,11,19H,5-8,10,18H2,1-2H3. The van der Waals surface area contributed by atoms with E-state index in [-0.39, 0.29) is 11.4 Å². The number of nitrogens with two attached hydrogens (primary N) is 1. The molecule has 1 heterocycles. The van der Waals surface area contributed by atoms with E-state index in [1.165, 1.54) is 6.07 Å². The molecule has 1 fully saturated rings. The molecule has 1 aromatic rings. The Bertz CT molecular complexity index is 456. The van der Waals surface area contributed by atoms with E-state index in [2.05, 4.69) is 40.0 Å². The van der Waals surface area contributed by atoms with E-state index in [0.717, 1.165) is 31.6 Å². The summed E-state index contributed by atoms with van der Waals surface area (Å²) in [5.74, 6) is -0.244. The molecule has 0 aromatic heterocycles. The van der Waals surface area contributed by atoms with E-state index in [1.807, 2.05) is 0 Å². The van der Waals surface area contributed by atoms with Gasteiger partial charge in [0.25, 0.3) is 0 Å². The molecule has 3 nitrogen and oxygen atoms in total. The molecule has 0 aliphatic carbocycles. The lowest BCUT2D eigenvalue weighted by molar-refractivity contribution is 0.144. The first-order chi connectivity index (χ1) is 9.46. The number of hydrogen-bond donors (Lipinski definition) is 2. The van der Waals surface area contributed by atoms with E-state index in [9.17, 15) is 4.39 Å². The molecule has 3 N–H and O–H groups in total. The Morgan fingerprint density at radius 1 is 1.40 bits per heavy atom. The lowest BCUT2D eigenvalue weighted by atomic mass is 9.86. The van der Waals surface area contributed by atoms with Gasteiger partial charge >= 0.3 is 0 Å². The van der Waals surface area contributed by atoms with Gasteiger partial charge in [-0.15, -0.1) is 0 Å². The highest BCUT2D eigenvalue weighted by atomic mass is 79.9. The van der Waals surface area contributed by atoms with E-state index >= 15 is 0 Å². The summed E-state index contributed by atoms with van der Waals surface area (Å²) in [5.41, 5.74) is 6.85. The second-order valence-electron chi connectivity index (χ2n) is 5.87. The number of nitrogens with one attached hydrogen (secondary N) is 1. The first-order valence-electron chi connectivity index (χ1n) is 7.13. The summed E-state index contributed by atoms with van der Waals surface area (Å²) >= 11 is 3.22. The summed E-state index contributed by atoms with van der Waals surface area (Å²) in [4.78, 5) is 2.47. The molecule has 0 amide bonds. The van der Waals surface area contributed by atoms with Crippen LogP contribution in [0.3, 0.4) is 0 Å². The number of piperidine rings is 1. The van der Waals surface area contributed by atoms with Crippen molar-refractivity contribution in [1.29, 1.82) is 0 Å². The summed E-state index contributed by atoms with van der Waals surface area (Å²) < 4.78 is 13.8. The Hall–Kier alpha value is -0.650. The van der Waals surface area contributed by atoms with Gasteiger partial charge in [-0.05, 0) is 60.8 Å². The summed E-state index contributed by atoms with van der Waals surface area (Å²) in [6, 6.07) is 5.60. The molecule has 0 bridgehead atoms. The molecule has 0 radical (unpaired) electrons. The maximum Gasteiger partial charge on any atom is 0.137 e. The van der Waals surface area contributed by atoms with Crippen molar-refractivity contribution in [1.82, 2.24) is 4.90 Å². The van der Waals surface area contributed by atoms with Crippen LogP contribution < -0.4 is 11.1 Å². The van der Waals surface area contributed by atoms with Crippen LogP contribution in [-0.2, 0) is 0 Å². The number of hydrogen-bond acceptors (Lipinski definition) is 3. The van der Waals surface area contributed by atoms with Crippen molar-refractivity contribution in [2.75, 3.05) is 25.0 Å². The Morgan fingerprint density at radius 3 is 2.55 bits per heavy atom. The molecule has 1 saturated heterocycles. The van der Waals surface area contributed by atoms with Crippen molar-refractivity contribution in [3.8, 4) is 0 Å². The maximum absolute atomic E-state index is 13.3. The fourth-order valence-electron chi connectivity index (χ4n) is 2.73. The fourth-order valence-corrected chi connectivity index (χ4v) is 3.11. The molecule has 0 saturated carbocycles. The van der Waals surface area contributed by atoms with Crippen molar-refractivity contribution in [2.24, 2.45) is 5.73 Å². The van der Waals surface area contributed by atoms with Gasteiger partial charge in [-0.25, -0.2) is 4.39 Å². The predicted octanol–water partition coefficient (Wildman–Crippen LogP) is 3.20. The molecular weight excluding hydrogens is 321 g/mol. The van der Waals surface area contributed by atoms with Gasteiger partial charge in [-0.1, -0.05) is 0 Å². The highest BCUT2D eigenvalue weighted by molar-refractivity contribution is 9.10. The van der Waals surface area contributed by atoms with Gasteiger partial charge in [0, 0.05) is 31.4 Å². The fraction of sp³-hybridized carbons (Fsp3) is 0.600. The smallest absolute Gasteiger partial charge is 0.137 e. The summed E-state index contributed by atoms with van der Waals surface area (Å²) in [6.07, 6.45) is 2.02. The minimum Gasteiger partial charge on any atom is -0.378 e. The Balaban J connectivity index is 2.07. The van der Waals surface area contributed by atoms with Crippen LogP contribution in [0.15, 0.2) is 22.7 Å². The van der Waals surface area contributed by atoms with Crippen LogP contribution in [0, 0.1) is 5.82 Å². The number of halogens is 2. The van der Waals surface area contributed by atoms with Crippen LogP contribution in [0.4, 0.5) is 10.1 Å². The first kappa shape index (κ1) is 15.7. The van der Waals surface area contributed by atoms with Gasteiger partial charge in [0.2, 0.25) is 0 Å². The lowest BCUT2D eigenvalue weighted by Gasteiger charge is -2.43. The zero-order valence-electron chi connectivity index (χ0n) is 12.1. The van der Waals surface area contributed by atoms with Crippen molar-refractivity contribution >= 4 is 21.6 Å². The highest BCUT2D eigenvalue weighted by Crippen LogP contribution is 2.29. The number of rotatable bonds is 4. The van der Waals surface area contributed by atoms with E-state index in [1.54, 1.807) is 12.1 Å². The summed E-state index contributed by atoms with van der Waals surface area (Å²) in [7, 11) is 0. The SMILES string of the molecule is CC(C)N1CCC(CN)(Nc2ccc(F)c(Br)c2)CC1. The van der Waals surface area contributed by atoms with Crippen molar-refractivity contribution < 1.29 is 4.39 Å². The molecule has 0 spiro atoms. The van der Waals surface area contributed by atoms with Gasteiger partial charge in [-0.3, -0.25) is 0 Å². The number of likely N-dealkylation sites (tertiary alicyclic amines) is 1. The normalized spacial score (nSPS) is 19.3. The molecule has 5 heteroatoms. The van der Waals surface area contributed by atoms with Crippen LogP contribution in [0.5, 0.6) is 0 Å². The molecular formula is C15H23BrFN3. The molecule has 0 unspecified atom stereocenters. The van der Waals surface area contributed by atoms with Gasteiger partial charge in [0.1, 0.15) is 5.82 Å². The molecule has 1 aliphatic heterocycles. The van der Waals surface area contributed by atoms with Crippen molar-refractivity contribution in [3.05, 3.63) is 28.5 Å². The zero-order chi connectivity index (χ0) is 14.8. The minimum atomic E-state index is -0.244. The van der Waals surface area contributed by atoms with Crippen LogP contribution in [0.25, 0.3) is 0 Å². The second kappa shape index (κ2) is 6.41. The highest BCUT2D eigenvalue weighted by Gasteiger charge is 2.33. The average molecular weight is 344 g/mol. The summed E-state index contributed by atoms with van der Waals surface area (Å²) in [5, 5.41) is 3.52. The third-order valence-corrected chi connectivity index (χ3v) is 4.81. The monoisotopic (exact) mass is 343 g/mol. The lowest BCUT2D eigenvalue weighted by Crippen LogP contribution is -2.54. The molecule has 2 rings (SSSR count). The Morgan fingerprint density at radius 2 is 2.05 bits per heavy atom. The van der Waals surface area contributed by atoms with Gasteiger partial charge in [0.15, 0.2) is 0 Å². The van der Waals surface area contributed by atoms with E-state index < -0.39 is 0 Å². The largest absolute Gasteiger partial charge is 0.378 e. The van der Waals surface area contributed by atoms with Gasteiger partial charge < -0.3 is 16.0 Å².